The lowest BCUT2D eigenvalue weighted by molar-refractivity contribution is -0.151. The molecule has 0 spiro atoms. The van der Waals surface area contributed by atoms with Crippen molar-refractivity contribution < 1.29 is 24.2 Å². The number of likely N-dealkylation sites (tertiary alicyclic amines) is 1. The summed E-state index contributed by atoms with van der Waals surface area (Å²) in [5.74, 6) is -1.18. The number of ether oxygens (including phenoxy) is 1. The lowest BCUT2D eigenvalue weighted by Gasteiger charge is -2.42. The number of carbonyl (C=O) groups excluding carboxylic acids is 2. The van der Waals surface area contributed by atoms with E-state index in [0.29, 0.717) is 18.7 Å². The molecule has 0 aromatic heterocycles. The number of carboxylic acid groups (broad SMARTS) is 1. The lowest BCUT2D eigenvalue weighted by Crippen LogP contribution is -2.49. The molecule has 2 rings (SSSR count). The van der Waals surface area contributed by atoms with Gasteiger partial charge in [-0.25, -0.2) is 0 Å². The van der Waals surface area contributed by atoms with Crippen LogP contribution < -0.4 is 4.74 Å². The van der Waals surface area contributed by atoms with Gasteiger partial charge in [-0.3, -0.25) is 14.4 Å². The average Bonchev–Trinajstić information content (AvgIpc) is 2.65. The Kier molecular flexibility index (Phi) is 7.21. The van der Waals surface area contributed by atoms with Crippen molar-refractivity contribution in [3.63, 3.8) is 0 Å². The number of aliphatic carboxylic acids is 1. The number of hydrogen-bond donors (Lipinski definition) is 1. The molecule has 7 nitrogen and oxygen atoms in total. The van der Waals surface area contributed by atoms with Gasteiger partial charge in [0.25, 0.3) is 0 Å². The highest BCUT2D eigenvalue weighted by Gasteiger charge is 2.42. The monoisotopic (exact) mass is 376 g/mol. The van der Waals surface area contributed by atoms with Crippen LogP contribution in [0.2, 0.25) is 0 Å². The van der Waals surface area contributed by atoms with Crippen molar-refractivity contribution in [3.8, 4) is 5.75 Å². The molecular weight excluding hydrogens is 348 g/mol. The zero-order chi connectivity index (χ0) is 20.0. The van der Waals surface area contributed by atoms with Crippen molar-refractivity contribution in [3.05, 3.63) is 29.8 Å². The standard InChI is InChI=1S/C20H28N2O5/c1-4-5-12-22-17(23)11-10-15(20(26)21(2)13-18(24)25)19(22)14-8-6-7-9-16(14)27-3/h6-9,15,19H,4-5,10-13H2,1-3H3,(H,24,25). The first-order valence-corrected chi connectivity index (χ1v) is 9.29. The largest absolute Gasteiger partial charge is 0.496 e. The van der Waals surface area contributed by atoms with E-state index >= 15 is 0 Å². The van der Waals surface area contributed by atoms with Gasteiger partial charge in [-0.2, -0.15) is 0 Å². The minimum atomic E-state index is -1.06. The van der Waals surface area contributed by atoms with E-state index in [2.05, 4.69) is 6.92 Å². The summed E-state index contributed by atoms with van der Waals surface area (Å²) in [6.45, 7) is 2.25. The van der Waals surface area contributed by atoms with Gasteiger partial charge in [-0.1, -0.05) is 31.5 Å². The van der Waals surface area contributed by atoms with E-state index in [1.54, 1.807) is 12.0 Å². The normalized spacial score (nSPS) is 19.7. The summed E-state index contributed by atoms with van der Waals surface area (Å²) in [7, 11) is 3.05. The van der Waals surface area contributed by atoms with Gasteiger partial charge in [0.05, 0.1) is 19.1 Å². The number of carbonyl (C=O) groups is 3. The molecule has 0 saturated carbocycles. The van der Waals surface area contributed by atoms with Crippen molar-refractivity contribution in [2.75, 3.05) is 27.2 Å². The van der Waals surface area contributed by atoms with Crippen molar-refractivity contribution in [2.45, 2.75) is 38.6 Å². The Labute approximate surface area is 159 Å². The van der Waals surface area contributed by atoms with E-state index in [1.165, 1.54) is 11.9 Å². The Morgan fingerprint density at radius 2 is 2.04 bits per heavy atom. The van der Waals surface area contributed by atoms with Crippen LogP contribution in [0.15, 0.2) is 24.3 Å². The molecule has 2 atom stereocenters. The number of carboxylic acids is 1. The van der Waals surface area contributed by atoms with E-state index in [-0.39, 0.29) is 24.8 Å². The first-order chi connectivity index (χ1) is 12.9. The van der Waals surface area contributed by atoms with Crippen LogP contribution in [0, 0.1) is 5.92 Å². The van der Waals surface area contributed by atoms with Crippen LogP contribution in [0.3, 0.4) is 0 Å². The second-order valence-corrected chi connectivity index (χ2v) is 6.86. The highest BCUT2D eigenvalue weighted by Crippen LogP contribution is 2.41. The number of methoxy groups -OCH3 is 1. The number of amides is 2. The fourth-order valence-corrected chi connectivity index (χ4v) is 3.66. The smallest absolute Gasteiger partial charge is 0.323 e. The predicted octanol–water partition coefficient (Wildman–Crippen LogP) is 2.32. The van der Waals surface area contributed by atoms with E-state index in [9.17, 15) is 14.4 Å². The van der Waals surface area contributed by atoms with Crippen molar-refractivity contribution >= 4 is 17.8 Å². The molecule has 1 aliphatic rings. The van der Waals surface area contributed by atoms with Gasteiger partial charge < -0.3 is 19.6 Å². The molecule has 1 fully saturated rings. The molecule has 0 aliphatic carbocycles. The second-order valence-electron chi connectivity index (χ2n) is 6.86. The number of para-hydroxylation sites is 1. The quantitative estimate of drug-likeness (QED) is 0.752. The third kappa shape index (κ3) is 4.78. The Bertz CT molecular complexity index is 691. The summed E-state index contributed by atoms with van der Waals surface area (Å²) in [5, 5.41) is 9.03. The first-order valence-electron chi connectivity index (χ1n) is 9.29. The van der Waals surface area contributed by atoms with Crippen LogP contribution in [0.1, 0.15) is 44.2 Å². The van der Waals surface area contributed by atoms with Crippen LogP contribution in [-0.2, 0) is 14.4 Å². The van der Waals surface area contributed by atoms with Gasteiger partial charge in [-0.15, -0.1) is 0 Å². The molecule has 0 bridgehead atoms. The SMILES string of the molecule is CCCCN1C(=O)CCC(C(=O)N(C)CC(=O)O)C1c1ccccc1OC. The Balaban J connectivity index is 2.45. The first kappa shape index (κ1) is 20.7. The molecule has 1 aromatic carbocycles. The van der Waals surface area contributed by atoms with Gasteiger partial charge in [0.15, 0.2) is 0 Å². The molecule has 2 amide bonds. The molecular formula is C20H28N2O5. The summed E-state index contributed by atoms with van der Waals surface area (Å²) < 4.78 is 5.48. The third-order valence-corrected chi connectivity index (χ3v) is 4.98. The van der Waals surface area contributed by atoms with Crippen LogP contribution in [0.4, 0.5) is 0 Å². The summed E-state index contributed by atoms with van der Waals surface area (Å²) in [4.78, 5) is 39.7. The zero-order valence-electron chi connectivity index (χ0n) is 16.2. The molecule has 1 aromatic rings. The Morgan fingerprint density at radius 3 is 2.67 bits per heavy atom. The van der Waals surface area contributed by atoms with Gasteiger partial charge in [0.1, 0.15) is 12.3 Å². The summed E-state index contributed by atoms with van der Waals surface area (Å²) in [5.41, 5.74) is 0.784. The zero-order valence-corrected chi connectivity index (χ0v) is 16.2. The van der Waals surface area contributed by atoms with Gasteiger partial charge >= 0.3 is 5.97 Å². The molecule has 1 heterocycles. The fraction of sp³-hybridized carbons (Fsp3) is 0.550. The van der Waals surface area contributed by atoms with Crippen molar-refractivity contribution in [2.24, 2.45) is 5.92 Å². The highest BCUT2D eigenvalue weighted by molar-refractivity contribution is 5.87. The summed E-state index contributed by atoms with van der Waals surface area (Å²) >= 11 is 0. The molecule has 0 radical (unpaired) electrons. The van der Waals surface area contributed by atoms with Crippen LogP contribution in [0.5, 0.6) is 5.75 Å². The molecule has 2 unspecified atom stereocenters. The second kappa shape index (κ2) is 9.39. The number of unbranched alkanes of at least 4 members (excludes halogenated alkanes) is 1. The molecule has 27 heavy (non-hydrogen) atoms. The maximum absolute atomic E-state index is 13.0. The number of likely N-dealkylation sites (N-methyl/N-ethyl adjacent to an activating group) is 1. The summed E-state index contributed by atoms with van der Waals surface area (Å²) in [6, 6.07) is 6.93. The molecule has 148 valence electrons. The Hall–Kier alpha value is -2.57. The number of piperidine rings is 1. The maximum atomic E-state index is 13.0. The number of hydrogen-bond acceptors (Lipinski definition) is 4. The highest BCUT2D eigenvalue weighted by atomic mass is 16.5. The summed E-state index contributed by atoms with van der Waals surface area (Å²) in [6.07, 6.45) is 2.45. The van der Waals surface area contributed by atoms with Gasteiger partial charge in [-0.05, 0) is 18.9 Å². The minimum absolute atomic E-state index is 0.0179. The topological polar surface area (TPSA) is 87.2 Å². The molecule has 1 saturated heterocycles. The van der Waals surface area contributed by atoms with Crippen LogP contribution >= 0.6 is 0 Å². The maximum Gasteiger partial charge on any atom is 0.323 e. The minimum Gasteiger partial charge on any atom is -0.496 e. The lowest BCUT2D eigenvalue weighted by atomic mass is 9.82. The van der Waals surface area contributed by atoms with Crippen molar-refractivity contribution in [1.29, 1.82) is 0 Å². The fourth-order valence-electron chi connectivity index (χ4n) is 3.66. The molecule has 1 N–H and O–H groups in total. The average molecular weight is 376 g/mol. The van der Waals surface area contributed by atoms with E-state index in [0.717, 1.165) is 18.4 Å². The predicted molar refractivity (Wildman–Crippen MR) is 100 cm³/mol. The van der Waals surface area contributed by atoms with Gasteiger partial charge in [0.2, 0.25) is 11.8 Å². The van der Waals surface area contributed by atoms with Gasteiger partial charge in [0, 0.05) is 25.6 Å². The molecule has 1 aliphatic heterocycles. The number of benzene rings is 1. The number of rotatable bonds is 8. The van der Waals surface area contributed by atoms with Crippen LogP contribution in [0.25, 0.3) is 0 Å². The third-order valence-electron chi connectivity index (χ3n) is 4.98. The van der Waals surface area contributed by atoms with Crippen molar-refractivity contribution in [1.82, 2.24) is 9.80 Å². The van der Waals surface area contributed by atoms with E-state index in [4.69, 9.17) is 9.84 Å². The Morgan fingerprint density at radius 1 is 1.33 bits per heavy atom. The van der Waals surface area contributed by atoms with E-state index < -0.39 is 17.9 Å². The van der Waals surface area contributed by atoms with E-state index in [1.807, 2.05) is 24.3 Å². The van der Waals surface area contributed by atoms with Crippen LogP contribution in [-0.4, -0.2) is 59.9 Å². The number of nitrogens with zero attached hydrogens (tertiary/aromatic N) is 2. The molecule has 7 heteroatoms.